The van der Waals surface area contributed by atoms with E-state index in [4.69, 9.17) is 13.9 Å². The summed E-state index contributed by atoms with van der Waals surface area (Å²) in [4.78, 5) is 31.6. The fourth-order valence-electron chi connectivity index (χ4n) is 6.55. The van der Waals surface area contributed by atoms with Gasteiger partial charge < -0.3 is 29.4 Å². The topological polar surface area (TPSA) is 106 Å². The first-order chi connectivity index (χ1) is 21.4. The van der Waals surface area contributed by atoms with Gasteiger partial charge in [-0.1, -0.05) is 36.4 Å². The standard InChI is InChI=1S/C31H33F5N4O5/c32-30(33)10-8-20(9-11-30)25(39-28(42)44-18-19-4-2-1-3-5-19)26-37-22-16-21(6-7-23(22)45-26)29(12-14-43-15-13-29)40-17-24(31(34,35)36)38-27(40)41/h1-7,16,20,24-25H,8-15,17-18H2,(H,38,41)(H,39,42)/t24-,25+/m1/s1. The molecule has 0 spiro atoms. The molecular formula is C31H33F5N4O5. The monoisotopic (exact) mass is 636 g/mol. The van der Waals surface area contributed by atoms with Crippen LogP contribution >= 0.6 is 0 Å². The van der Waals surface area contributed by atoms with Crippen LogP contribution in [0.5, 0.6) is 0 Å². The number of hydrogen-bond acceptors (Lipinski definition) is 6. The zero-order chi connectivity index (χ0) is 31.8. The quantitative estimate of drug-likeness (QED) is 0.284. The van der Waals surface area contributed by atoms with Crippen LogP contribution in [0.15, 0.2) is 52.9 Å². The van der Waals surface area contributed by atoms with Gasteiger partial charge in [0.2, 0.25) is 11.8 Å². The maximum atomic E-state index is 14.0. The number of alkyl halides is 5. The van der Waals surface area contributed by atoms with E-state index in [1.54, 1.807) is 30.3 Å². The molecule has 0 radical (unpaired) electrons. The third-order valence-corrected chi connectivity index (χ3v) is 9.07. The van der Waals surface area contributed by atoms with E-state index < -0.39 is 54.3 Å². The number of nitrogens with zero attached hydrogens (tertiary/aromatic N) is 2. The molecule has 2 atom stereocenters. The van der Waals surface area contributed by atoms with Gasteiger partial charge >= 0.3 is 18.3 Å². The number of ether oxygens (including phenoxy) is 2. The van der Waals surface area contributed by atoms with Crippen molar-refractivity contribution in [1.82, 2.24) is 20.5 Å². The van der Waals surface area contributed by atoms with E-state index >= 15 is 0 Å². The van der Waals surface area contributed by atoms with E-state index in [2.05, 4.69) is 15.6 Å². The summed E-state index contributed by atoms with van der Waals surface area (Å²) in [5, 5.41) is 4.82. The van der Waals surface area contributed by atoms with Gasteiger partial charge in [-0.15, -0.1) is 0 Å². The van der Waals surface area contributed by atoms with Gasteiger partial charge in [-0.05, 0) is 54.9 Å². The van der Waals surface area contributed by atoms with Crippen molar-refractivity contribution in [2.75, 3.05) is 19.8 Å². The molecule has 9 nitrogen and oxygen atoms in total. The molecule has 1 aromatic heterocycles. The van der Waals surface area contributed by atoms with Crippen LogP contribution in [0.25, 0.3) is 11.1 Å². The predicted molar refractivity (Wildman–Crippen MR) is 150 cm³/mol. The SMILES string of the molecule is O=C(N[C@H](c1nc2cc(C3(N4C[C@H](C(F)(F)F)NC4=O)CCOCC3)ccc2o1)C1CCC(F)(F)CC1)OCc1ccccc1. The number of fused-ring (bicyclic) bond motifs is 1. The molecule has 2 N–H and O–H groups in total. The molecule has 3 aromatic rings. The Morgan fingerprint density at radius 3 is 2.47 bits per heavy atom. The van der Waals surface area contributed by atoms with Gasteiger partial charge in [0.05, 0.1) is 12.1 Å². The number of hydrogen-bond donors (Lipinski definition) is 2. The van der Waals surface area contributed by atoms with Gasteiger partial charge in [0.25, 0.3) is 0 Å². The van der Waals surface area contributed by atoms with Gasteiger partial charge in [0, 0.05) is 26.1 Å². The largest absolute Gasteiger partial charge is 0.445 e. The Kier molecular flexibility index (Phi) is 8.35. The van der Waals surface area contributed by atoms with Crippen molar-refractivity contribution in [3.8, 4) is 0 Å². The summed E-state index contributed by atoms with van der Waals surface area (Å²) in [6.45, 7) is -0.0596. The van der Waals surface area contributed by atoms with Crippen molar-refractivity contribution in [1.29, 1.82) is 0 Å². The van der Waals surface area contributed by atoms with E-state index in [0.717, 1.165) is 5.56 Å². The second-order valence-corrected chi connectivity index (χ2v) is 11.9. The Bertz CT molecular complexity index is 1520. The minimum atomic E-state index is -4.60. The number of rotatable bonds is 7. The highest BCUT2D eigenvalue weighted by Gasteiger charge is 2.53. The number of carbonyl (C=O) groups is 2. The molecule has 2 aromatic carbocycles. The van der Waals surface area contributed by atoms with Crippen LogP contribution in [0.2, 0.25) is 0 Å². The number of carbonyl (C=O) groups excluding carboxylic acids is 2. The Hall–Kier alpha value is -3.94. The molecule has 45 heavy (non-hydrogen) atoms. The van der Waals surface area contributed by atoms with Crippen molar-refractivity contribution >= 4 is 23.2 Å². The zero-order valence-corrected chi connectivity index (χ0v) is 24.2. The van der Waals surface area contributed by atoms with Crippen LogP contribution in [0.1, 0.15) is 61.6 Å². The summed E-state index contributed by atoms with van der Waals surface area (Å²) < 4.78 is 85.6. The normalized spacial score (nSPS) is 22.6. The van der Waals surface area contributed by atoms with Crippen molar-refractivity contribution in [3.63, 3.8) is 0 Å². The maximum Gasteiger partial charge on any atom is 0.410 e. The molecular weight excluding hydrogens is 603 g/mol. The lowest BCUT2D eigenvalue weighted by Crippen LogP contribution is -2.51. The van der Waals surface area contributed by atoms with E-state index in [-0.39, 0.29) is 64.2 Å². The van der Waals surface area contributed by atoms with Gasteiger partial charge in [0.1, 0.15) is 24.2 Å². The van der Waals surface area contributed by atoms with Crippen LogP contribution in [0.4, 0.5) is 31.5 Å². The third-order valence-electron chi connectivity index (χ3n) is 9.07. The zero-order valence-electron chi connectivity index (χ0n) is 24.2. The van der Waals surface area contributed by atoms with Crippen molar-refractivity contribution < 1.29 is 45.4 Å². The van der Waals surface area contributed by atoms with E-state index in [0.29, 0.717) is 16.7 Å². The minimum Gasteiger partial charge on any atom is -0.445 e. The molecule has 14 heteroatoms. The third kappa shape index (κ3) is 6.56. The van der Waals surface area contributed by atoms with Crippen LogP contribution in [0.3, 0.4) is 0 Å². The van der Waals surface area contributed by atoms with Gasteiger partial charge in [0.15, 0.2) is 5.58 Å². The molecule has 1 aliphatic carbocycles. The number of benzene rings is 2. The summed E-state index contributed by atoms with van der Waals surface area (Å²) in [7, 11) is 0. The Labute approximate surface area is 255 Å². The average molecular weight is 637 g/mol. The highest BCUT2D eigenvalue weighted by molar-refractivity contribution is 5.79. The molecule has 242 valence electrons. The molecule has 3 fully saturated rings. The fraction of sp³-hybridized carbons (Fsp3) is 0.516. The molecule has 6 rings (SSSR count). The highest BCUT2D eigenvalue weighted by atomic mass is 19.4. The molecule has 0 unspecified atom stereocenters. The number of amides is 3. The number of oxazole rings is 1. The summed E-state index contributed by atoms with van der Waals surface area (Å²) >= 11 is 0. The number of urea groups is 1. The minimum absolute atomic E-state index is 0.00409. The van der Waals surface area contributed by atoms with Crippen molar-refractivity contribution in [2.24, 2.45) is 5.92 Å². The molecule has 0 bridgehead atoms. The first kappa shape index (κ1) is 31.1. The van der Waals surface area contributed by atoms with Crippen LogP contribution in [0, 0.1) is 5.92 Å². The molecule has 3 amide bonds. The number of aromatic nitrogens is 1. The summed E-state index contributed by atoms with van der Waals surface area (Å²) in [5.74, 6) is -3.10. The van der Waals surface area contributed by atoms with Crippen molar-refractivity contribution in [3.05, 3.63) is 65.5 Å². The maximum absolute atomic E-state index is 14.0. The fourth-order valence-corrected chi connectivity index (χ4v) is 6.55. The molecule has 3 aliphatic rings. The first-order valence-electron chi connectivity index (χ1n) is 14.9. The Morgan fingerprint density at radius 2 is 1.80 bits per heavy atom. The van der Waals surface area contributed by atoms with E-state index in [9.17, 15) is 31.5 Å². The smallest absolute Gasteiger partial charge is 0.410 e. The second kappa shape index (κ2) is 12.1. The lowest BCUT2D eigenvalue weighted by Gasteiger charge is -2.44. The second-order valence-electron chi connectivity index (χ2n) is 11.9. The molecule has 3 heterocycles. The first-order valence-corrected chi connectivity index (χ1v) is 14.9. The Morgan fingerprint density at radius 1 is 1.09 bits per heavy atom. The summed E-state index contributed by atoms with van der Waals surface area (Å²) in [5.41, 5.74) is 0.946. The Balaban J connectivity index is 1.29. The van der Waals surface area contributed by atoms with Crippen LogP contribution in [-0.4, -0.2) is 59.9 Å². The molecule has 2 saturated heterocycles. The molecule has 1 saturated carbocycles. The molecule has 2 aliphatic heterocycles. The van der Waals surface area contributed by atoms with Crippen LogP contribution < -0.4 is 10.6 Å². The highest BCUT2D eigenvalue weighted by Crippen LogP contribution is 2.44. The summed E-state index contributed by atoms with van der Waals surface area (Å²) in [6.07, 6.45) is -5.27. The van der Waals surface area contributed by atoms with E-state index in [1.807, 2.05) is 18.2 Å². The van der Waals surface area contributed by atoms with Gasteiger partial charge in [-0.3, -0.25) is 0 Å². The lowest BCUT2D eigenvalue weighted by atomic mass is 9.81. The van der Waals surface area contributed by atoms with E-state index in [1.165, 1.54) is 4.90 Å². The van der Waals surface area contributed by atoms with Gasteiger partial charge in [-0.2, -0.15) is 13.2 Å². The lowest BCUT2D eigenvalue weighted by molar-refractivity contribution is -0.151. The van der Waals surface area contributed by atoms with Crippen molar-refractivity contribution in [2.45, 2.75) is 74.9 Å². The predicted octanol–water partition coefficient (Wildman–Crippen LogP) is 6.58. The number of nitrogens with one attached hydrogen (secondary N) is 2. The summed E-state index contributed by atoms with van der Waals surface area (Å²) in [6, 6.07) is 10.3. The van der Waals surface area contributed by atoms with Gasteiger partial charge in [-0.25, -0.2) is 23.4 Å². The number of halogens is 5. The average Bonchev–Trinajstić information content (AvgIpc) is 3.63. The van der Waals surface area contributed by atoms with Crippen LogP contribution in [-0.2, 0) is 21.6 Å². The number of alkyl carbamates (subject to hydrolysis) is 1.